The third-order valence-corrected chi connectivity index (χ3v) is 8.59. The molecule has 5 rings (SSSR count). The van der Waals surface area contributed by atoms with Crippen molar-refractivity contribution < 1.29 is 8.42 Å². The number of hydrogen-bond acceptors (Lipinski definition) is 5. The normalized spacial score (nSPS) is 14.6. The fourth-order valence-electron chi connectivity index (χ4n) is 4.77. The summed E-state index contributed by atoms with van der Waals surface area (Å²) in [5.41, 5.74) is 6.49. The average molecular weight is 472 g/mol. The lowest BCUT2D eigenvalue weighted by atomic mass is 10.1. The molecule has 2 heterocycles. The largest absolute Gasteiger partial charge is 0.368 e. The maximum Gasteiger partial charge on any atom is 0.210 e. The third kappa shape index (κ3) is 3.92. The molecule has 6 heteroatoms. The summed E-state index contributed by atoms with van der Waals surface area (Å²) in [6.07, 6.45) is 1.53. The SMILES string of the molecule is Cc1ccc2ncc(S(=O)(=O)c3ccccc3)c(N3CCN(c4cccc(C)c4C)CC3)c2c1. The maximum absolute atomic E-state index is 13.7. The van der Waals surface area contributed by atoms with E-state index in [-0.39, 0.29) is 4.90 Å². The van der Waals surface area contributed by atoms with E-state index in [2.05, 4.69) is 52.9 Å². The van der Waals surface area contributed by atoms with E-state index in [1.807, 2.05) is 25.1 Å². The summed E-state index contributed by atoms with van der Waals surface area (Å²) >= 11 is 0. The van der Waals surface area contributed by atoms with Gasteiger partial charge in [0.05, 0.1) is 16.1 Å². The molecule has 0 amide bonds. The van der Waals surface area contributed by atoms with Gasteiger partial charge in [0.2, 0.25) is 9.84 Å². The second kappa shape index (κ2) is 8.76. The number of piperazine rings is 1. The van der Waals surface area contributed by atoms with Crippen molar-refractivity contribution >= 4 is 32.1 Å². The molecule has 34 heavy (non-hydrogen) atoms. The van der Waals surface area contributed by atoms with E-state index < -0.39 is 9.84 Å². The van der Waals surface area contributed by atoms with Crippen LogP contribution >= 0.6 is 0 Å². The first kappa shape index (κ1) is 22.4. The molecule has 1 aromatic heterocycles. The maximum atomic E-state index is 13.7. The molecular formula is C28H29N3O2S. The van der Waals surface area contributed by atoms with Crippen molar-refractivity contribution in [3.05, 3.63) is 89.6 Å². The highest BCUT2D eigenvalue weighted by molar-refractivity contribution is 7.91. The number of nitrogens with zero attached hydrogens (tertiary/aromatic N) is 3. The summed E-state index contributed by atoms with van der Waals surface area (Å²) in [5.74, 6) is 0. The number of rotatable bonds is 4. The molecule has 174 valence electrons. The first-order chi connectivity index (χ1) is 16.4. The van der Waals surface area contributed by atoms with Gasteiger partial charge in [-0.3, -0.25) is 4.98 Å². The molecule has 0 N–H and O–H groups in total. The van der Waals surface area contributed by atoms with E-state index in [1.54, 1.807) is 24.3 Å². The molecule has 1 saturated heterocycles. The van der Waals surface area contributed by atoms with Crippen LogP contribution in [0.5, 0.6) is 0 Å². The van der Waals surface area contributed by atoms with Crippen LogP contribution in [0.3, 0.4) is 0 Å². The van der Waals surface area contributed by atoms with Crippen LogP contribution in [0.4, 0.5) is 11.4 Å². The molecule has 0 radical (unpaired) electrons. The Balaban J connectivity index is 1.58. The Morgan fingerprint density at radius 3 is 2.24 bits per heavy atom. The molecule has 0 spiro atoms. The first-order valence-electron chi connectivity index (χ1n) is 11.6. The number of sulfone groups is 1. The van der Waals surface area contributed by atoms with Crippen molar-refractivity contribution in [3.63, 3.8) is 0 Å². The quantitative estimate of drug-likeness (QED) is 0.403. The predicted molar refractivity (Wildman–Crippen MR) is 139 cm³/mol. The van der Waals surface area contributed by atoms with E-state index >= 15 is 0 Å². The lowest BCUT2D eigenvalue weighted by Gasteiger charge is -2.39. The van der Waals surface area contributed by atoms with Crippen molar-refractivity contribution in [2.75, 3.05) is 36.0 Å². The highest BCUT2D eigenvalue weighted by Crippen LogP contribution is 2.37. The molecule has 0 saturated carbocycles. The van der Waals surface area contributed by atoms with E-state index in [0.29, 0.717) is 4.90 Å². The van der Waals surface area contributed by atoms with Crippen LogP contribution in [-0.4, -0.2) is 39.6 Å². The van der Waals surface area contributed by atoms with Gasteiger partial charge in [0.25, 0.3) is 0 Å². The Kier molecular flexibility index (Phi) is 5.78. The third-order valence-electron chi connectivity index (χ3n) is 6.82. The van der Waals surface area contributed by atoms with Crippen molar-refractivity contribution in [1.82, 2.24) is 4.98 Å². The topological polar surface area (TPSA) is 53.5 Å². The lowest BCUT2D eigenvalue weighted by molar-refractivity contribution is 0.594. The summed E-state index contributed by atoms with van der Waals surface area (Å²) in [4.78, 5) is 9.73. The van der Waals surface area contributed by atoms with Gasteiger partial charge in [0, 0.05) is 43.4 Å². The lowest BCUT2D eigenvalue weighted by Crippen LogP contribution is -2.47. The molecule has 1 aliphatic rings. The van der Waals surface area contributed by atoms with Gasteiger partial charge in [-0.2, -0.15) is 0 Å². The van der Waals surface area contributed by atoms with Gasteiger partial charge in [-0.15, -0.1) is 0 Å². The van der Waals surface area contributed by atoms with E-state index in [1.165, 1.54) is 23.0 Å². The zero-order chi connectivity index (χ0) is 23.9. The average Bonchev–Trinajstić information content (AvgIpc) is 2.85. The molecule has 4 aromatic rings. The number of benzene rings is 3. The van der Waals surface area contributed by atoms with Crippen LogP contribution < -0.4 is 9.80 Å². The highest BCUT2D eigenvalue weighted by Gasteiger charge is 2.29. The highest BCUT2D eigenvalue weighted by atomic mass is 32.2. The standard InChI is InChI=1S/C28H29N3O2S/c1-20-12-13-25-24(18-20)28(27(19-29-25)34(32,33)23-9-5-4-6-10-23)31-16-14-30(15-17-31)26-11-7-8-21(2)22(26)3/h4-13,18-19H,14-17H2,1-3H3. The van der Waals surface area contributed by atoms with E-state index in [9.17, 15) is 8.42 Å². The van der Waals surface area contributed by atoms with Gasteiger partial charge in [-0.1, -0.05) is 42.0 Å². The van der Waals surface area contributed by atoms with Gasteiger partial charge < -0.3 is 9.80 Å². The van der Waals surface area contributed by atoms with Gasteiger partial charge in [0.1, 0.15) is 4.90 Å². The van der Waals surface area contributed by atoms with Crippen molar-refractivity contribution in [2.24, 2.45) is 0 Å². The Morgan fingerprint density at radius 2 is 1.50 bits per heavy atom. The fourth-order valence-corrected chi connectivity index (χ4v) is 6.23. The summed E-state index contributed by atoms with van der Waals surface area (Å²) < 4.78 is 27.4. The van der Waals surface area contributed by atoms with E-state index in [4.69, 9.17) is 0 Å². The first-order valence-corrected chi connectivity index (χ1v) is 13.1. The Morgan fingerprint density at radius 1 is 0.794 bits per heavy atom. The summed E-state index contributed by atoms with van der Waals surface area (Å²) in [6.45, 7) is 9.45. The van der Waals surface area contributed by atoms with Crippen molar-refractivity contribution in [2.45, 2.75) is 30.6 Å². The molecule has 0 bridgehead atoms. The minimum atomic E-state index is -3.72. The minimum Gasteiger partial charge on any atom is -0.368 e. The van der Waals surface area contributed by atoms with Gasteiger partial charge in [-0.05, 0) is 62.2 Å². The number of aryl methyl sites for hydroxylation is 2. The molecular weight excluding hydrogens is 442 g/mol. The summed E-state index contributed by atoms with van der Waals surface area (Å²) in [5, 5.41) is 0.886. The molecule has 1 fully saturated rings. The van der Waals surface area contributed by atoms with Gasteiger partial charge in [-0.25, -0.2) is 8.42 Å². The van der Waals surface area contributed by atoms with Gasteiger partial charge in [0.15, 0.2) is 0 Å². The zero-order valence-corrected chi connectivity index (χ0v) is 20.6. The van der Waals surface area contributed by atoms with Crippen molar-refractivity contribution in [1.29, 1.82) is 0 Å². The number of fused-ring (bicyclic) bond motifs is 1. The number of pyridine rings is 1. The summed E-state index contributed by atoms with van der Waals surface area (Å²) in [7, 11) is -3.72. The van der Waals surface area contributed by atoms with Crippen LogP contribution in [0.1, 0.15) is 16.7 Å². The van der Waals surface area contributed by atoms with E-state index in [0.717, 1.165) is 48.3 Å². The predicted octanol–water partition coefficient (Wildman–Crippen LogP) is 5.32. The molecule has 0 aliphatic carbocycles. The molecule has 1 aliphatic heterocycles. The summed E-state index contributed by atoms with van der Waals surface area (Å²) in [6, 6.07) is 21.1. The van der Waals surface area contributed by atoms with Crippen molar-refractivity contribution in [3.8, 4) is 0 Å². The number of hydrogen-bond donors (Lipinski definition) is 0. The molecule has 0 atom stereocenters. The zero-order valence-electron chi connectivity index (χ0n) is 19.8. The Bertz CT molecular complexity index is 1460. The second-order valence-corrected chi connectivity index (χ2v) is 10.9. The molecule has 0 unspecified atom stereocenters. The number of anilines is 2. The number of aromatic nitrogens is 1. The van der Waals surface area contributed by atoms with Crippen LogP contribution in [0.2, 0.25) is 0 Å². The molecule has 3 aromatic carbocycles. The van der Waals surface area contributed by atoms with Crippen LogP contribution in [0, 0.1) is 20.8 Å². The minimum absolute atomic E-state index is 0.275. The molecule has 5 nitrogen and oxygen atoms in total. The smallest absolute Gasteiger partial charge is 0.210 e. The fraction of sp³-hybridized carbons (Fsp3) is 0.250. The van der Waals surface area contributed by atoms with Crippen LogP contribution in [0.15, 0.2) is 82.7 Å². The second-order valence-electron chi connectivity index (χ2n) is 9.00. The Labute approximate surface area is 201 Å². The van der Waals surface area contributed by atoms with Crippen LogP contribution in [0.25, 0.3) is 10.9 Å². The Hall–Kier alpha value is -3.38. The van der Waals surface area contributed by atoms with Crippen LogP contribution in [-0.2, 0) is 9.84 Å². The monoisotopic (exact) mass is 471 g/mol. The van der Waals surface area contributed by atoms with Gasteiger partial charge >= 0.3 is 0 Å².